The standard InChI is InChI=1S/C13H14ClN2O6PS/c1-3-4-24(19,20)22-23(18)21-12-6-8-5-11(15-2)9(14)7-10(8)16-13(12)17/h3,5-7,15,23H,1,4H2,2H3,(H,16,17). The van der Waals surface area contributed by atoms with Gasteiger partial charge in [-0.1, -0.05) is 17.7 Å². The van der Waals surface area contributed by atoms with Gasteiger partial charge in [0.05, 0.1) is 22.0 Å². The van der Waals surface area contributed by atoms with Crippen molar-refractivity contribution in [3.05, 3.63) is 46.2 Å². The number of anilines is 1. The molecular formula is C13H14ClN2O6PS. The summed E-state index contributed by atoms with van der Waals surface area (Å²) in [6.45, 7) is 3.25. The van der Waals surface area contributed by atoms with E-state index in [4.69, 9.17) is 16.1 Å². The Kier molecular flexibility index (Phi) is 5.71. The summed E-state index contributed by atoms with van der Waals surface area (Å²) in [4.78, 5) is 14.4. The summed E-state index contributed by atoms with van der Waals surface area (Å²) < 4.78 is 43.7. The third-order valence-electron chi connectivity index (χ3n) is 2.88. The summed E-state index contributed by atoms with van der Waals surface area (Å²) in [5.41, 5.74) is 0.356. The van der Waals surface area contributed by atoms with Gasteiger partial charge in [-0.25, -0.2) is 4.57 Å². The summed E-state index contributed by atoms with van der Waals surface area (Å²) in [5.74, 6) is -0.852. The van der Waals surface area contributed by atoms with Crippen molar-refractivity contribution in [2.45, 2.75) is 0 Å². The molecule has 1 atom stereocenters. The fraction of sp³-hybridized carbons (Fsp3) is 0.154. The molecule has 2 aromatic rings. The van der Waals surface area contributed by atoms with Crippen LogP contribution in [-0.2, 0) is 18.7 Å². The van der Waals surface area contributed by atoms with Crippen LogP contribution in [0.5, 0.6) is 5.75 Å². The van der Waals surface area contributed by atoms with E-state index in [-0.39, 0.29) is 5.75 Å². The van der Waals surface area contributed by atoms with Gasteiger partial charge in [-0.3, -0.25) is 4.79 Å². The van der Waals surface area contributed by atoms with Crippen molar-refractivity contribution in [1.29, 1.82) is 0 Å². The van der Waals surface area contributed by atoms with Crippen LogP contribution in [0.2, 0.25) is 5.02 Å². The van der Waals surface area contributed by atoms with Gasteiger partial charge in [0.1, 0.15) is 0 Å². The lowest BCUT2D eigenvalue weighted by atomic mass is 10.2. The van der Waals surface area contributed by atoms with Crippen LogP contribution in [0.25, 0.3) is 10.9 Å². The van der Waals surface area contributed by atoms with E-state index < -0.39 is 29.7 Å². The molecule has 0 spiro atoms. The normalized spacial score (nSPS) is 12.8. The minimum atomic E-state index is -4.07. The smallest absolute Gasteiger partial charge is 0.382 e. The molecule has 0 aliphatic heterocycles. The first-order valence-corrected chi connectivity index (χ1v) is 9.73. The summed E-state index contributed by atoms with van der Waals surface area (Å²) in [6.07, 6.45) is 1.08. The van der Waals surface area contributed by atoms with E-state index in [1.165, 1.54) is 6.07 Å². The molecule has 0 bridgehead atoms. The Morgan fingerprint density at radius 2 is 2.12 bits per heavy atom. The van der Waals surface area contributed by atoms with Gasteiger partial charge < -0.3 is 14.8 Å². The molecule has 1 aromatic heterocycles. The zero-order chi connectivity index (χ0) is 17.9. The Hall–Kier alpha value is -1.80. The first-order valence-electron chi connectivity index (χ1n) is 6.55. The number of benzene rings is 1. The molecule has 24 heavy (non-hydrogen) atoms. The van der Waals surface area contributed by atoms with Crippen molar-refractivity contribution in [2.75, 3.05) is 18.1 Å². The van der Waals surface area contributed by atoms with Crippen molar-refractivity contribution in [2.24, 2.45) is 0 Å². The van der Waals surface area contributed by atoms with Gasteiger partial charge >= 0.3 is 8.25 Å². The number of hydrogen-bond acceptors (Lipinski definition) is 7. The highest BCUT2D eigenvalue weighted by molar-refractivity contribution is 7.89. The molecule has 0 amide bonds. The molecule has 0 radical (unpaired) electrons. The topological polar surface area (TPSA) is 115 Å². The van der Waals surface area contributed by atoms with Gasteiger partial charge in [0, 0.05) is 12.4 Å². The number of nitrogens with one attached hydrogen (secondary N) is 2. The van der Waals surface area contributed by atoms with Gasteiger partial charge in [0.2, 0.25) is 0 Å². The van der Waals surface area contributed by atoms with Crippen molar-refractivity contribution >= 4 is 46.6 Å². The predicted molar refractivity (Wildman–Crippen MR) is 93.8 cm³/mol. The Labute approximate surface area is 143 Å². The van der Waals surface area contributed by atoms with Gasteiger partial charge in [-0.05, 0) is 18.2 Å². The van der Waals surface area contributed by atoms with Crippen molar-refractivity contribution in [3.63, 3.8) is 0 Å². The number of pyridine rings is 1. The molecule has 1 aromatic carbocycles. The first-order chi connectivity index (χ1) is 11.3. The average Bonchev–Trinajstić information content (AvgIpc) is 2.47. The SMILES string of the molecule is C=CCS(=O)(=O)O[PH](=O)Oc1cc2cc(NC)c(Cl)cc2[nH]c1=O. The molecule has 130 valence electrons. The second kappa shape index (κ2) is 7.40. The molecular weight excluding hydrogens is 379 g/mol. The molecule has 0 saturated heterocycles. The number of fused-ring (bicyclic) bond motifs is 1. The maximum Gasteiger partial charge on any atom is 0.382 e. The van der Waals surface area contributed by atoms with Crippen LogP contribution in [0.1, 0.15) is 0 Å². The summed E-state index contributed by atoms with van der Waals surface area (Å²) in [6, 6.07) is 4.51. The first kappa shape index (κ1) is 18.5. The summed E-state index contributed by atoms with van der Waals surface area (Å²) >= 11 is 6.03. The second-order valence-electron chi connectivity index (χ2n) is 4.58. The Morgan fingerprint density at radius 3 is 2.75 bits per heavy atom. The van der Waals surface area contributed by atoms with E-state index in [9.17, 15) is 17.8 Å². The quantitative estimate of drug-likeness (QED) is 0.549. The Morgan fingerprint density at radius 1 is 1.42 bits per heavy atom. The van der Waals surface area contributed by atoms with E-state index in [1.807, 2.05) is 0 Å². The van der Waals surface area contributed by atoms with E-state index in [2.05, 4.69) is 20.8 Å². The van der Waals surface area contributed by atoms with Crippen LogP contribution in [0.15, 0.2) is 35.6 Å². The highest BCUT2D eigenvalue weighted by Gasteiger charge is 2.17. The molecule has 0 fully saturated rings. The Bertz CT molecular complexity index is 972. The molecule has 2 rings (SSSR count). The van der Waals surface area contributed by atoms with Crippen molar-refractivity contribution < 1.29 is 21.5 Å². The highest BCUT2D eigenvalue weighted by Crippen LogP contribution is 2.31. The average molecular weight is 393 g/mol. The molecule has 11 heteroatoms. The fourth-order valence-corrected chi connectivity index (χ4v) is 3.98. The van der Waals surface area contributed by atoms with Gasteiger partial charge in [-0.2, -0.15) is 12.4 Å². The van der Waals surface area contributed by atoms with Crippen LogP contribution < -0.4 is 15.4 Å². The van der Waals surface area contributed by atoms with E-state index >= 15 is 0 Å². The largest absolute Gasteiger partial charge is 0.420 e. The van der Waals surface area contributed by atoms with Crippen LogP contribution in [0, 0.1) is 0 Å². The van der Waals surface area contributed by atoms with E-state index in [1.54, 1.807) is 19.2 Å². The lowest BCUT2D eigenvalue weighted by Gasteiger charge is -2.09. The summed E-state index contributed by atoms with van der Waals surface area (Å²) in [5, 5.41) is 3.82. The molecule has 2 N–H and O–H groups in total. The maximum absolute atomic E-state index is 11.9. The number of rotatable bonds is 7. The predicted octanol–water partition coefficient (Wildman–Crippen LogP) is 2.52. The minimum Gasteiger partial charge on any atom is -0.420 e. The van der Waals surface area contributed by atoms with Crippen LogP contribution >= 0.6 is 19.9 Å². The van der Waals surface area contributed by atoms with Gasteiger partial charge in [0.25, 0.3) is 15.7 Å². The number of aromatic nitrogens is 1. The van der Waals surface area contributed by atoms with Crippen LogP contribution in [0.3, 0.4) is 0 Å². The van der Waals surface area contributed by atoms with Crippen molar-refractivity contribution in [1.82, 2.24) is 4.98 Å². The molecule has 0 aliphatic rings. The van der Waals surface area contributed by atoms with E-state index in [0.29, 0.717) is 21.6 Å². The lowest BCUT2D eigenvalue weighted by Crippen LogP contribution is -2.10. The zero-order valence-corrected chi connectivity index (χ0v) is 15.0. The van der Waals surface area contributed by atoms with E-state index in [0.717, 1.165) is 6.08 Å². The molecule has 1 heterocycles. The van der Waals surface area contributed by atoms with Crippen LogP contribution in [0.4, 0.5) is 5.69 Å². The molecule has 0 aliphatic carbocycles. The van der Waals surface area contributed by atoms with Gasteiger partial charge in [-0.15, -0.1) is 6.58 Å². The third-order valence-corrected chi connectivity index (χ3v) is 5.78. The number of H-pyrrole nitrogens is 1. The maximum atomic E-state index is 11.9. The molecule has 1 unspecified atom stereocenters. The number of aromatic amines is 1. The number of hydrogen-bond donors (Lipinski definition) is 2. The van der Waals surface area contributed by atoms with Gasteiger partial charge in [0.15, 0.2) is 5.75 Å². The van der Waals surface area contributed by atoms with Crippen LogP contribution in [-0.4, -0.2) is 26.2 Å². The molecule has 0 saturated carbocycles. The number of halogens is 1. The third kappa shape index (κ3) is 4.39. The lowest BCUT2D eigenvalue weighted by molar-refractivity contribution is 0.408. The minimum absolute atomic E-state index is 0.329. The zero-order valence-electron chi connectivity index (χ0n) is 12.5. The summed E-state index contributed by atoms with van der Waals surface area (Å²) in [7, 11) is -5.88. The molecule has 8 nitrogen and oxygen atoms in total. The second-order valence-corrected chi connectivity index (χ2v) is 7.81. The monoisotopic (exact) mass is 392 g/mol. The highest BCUT2D eigenvalue weighted by atomic mass is 35.5. The fourth-order valence-electron chi connectivity index (χ4n) is 1.86. The Balaban J connectivity index is 2.34. The van der Waals surface area contributed by atoms with Crippen molar-refractivity contribution in [3.8, 4) is 5.75 Å².